The first-order valence-electron chi connectivity index (χ1n) is 7.98. The van der Waals surface area contributed by atoms with Crippen LogP contribution in [0, 0.1) is 5.92 Å². The summed E-state index contributed by atoms with van der Waals surface area (Å²) in [6.07, 6.45) is 2.50. The van der Waals surface area contributed by atoms with Crippen molar-refractivity contribution in [1.82, 2.24) is 5.32 Å². The molecule has 0 aliphatic heterocycles. The van der Waals surface area contributed by atoms with Crippen LogP contribution in [0.4, 0.5) is 0 Å². The molecule has 0 aromatic heterocycles. The van der Waals surface area contributed by atoms with Crippen LogP contribution in [-0.4, -0.2) is 36.2 Å². The second-order valence-corrected chi connectivity index (χ2v) is 5.55. The van der Waals surface area contributed by atoms with Crippen LogP contribution in [0.15, 0.2) is 24.3 Å². The molecule has 23 heavy (non-hydrogen) atoms. The van der Waals surface area contributed by atoms with E-state index in [1.807, 2.05) is 31.2 Å². The third kappa shape index (κ3) is 5.47. The highest BCUT2D eigenvalue weighted by Gasteiger charge is 2.37. The number of benzene rings is 1. The van der Waals surface area contributed by atoms with Crippen LogP contribution in [0.5, 0.6) is 11.5 Å². The minimum absolute atomic E-state index is 0.0887. The van der Waals surface area contributed by atoms with E-state index in [0.717, 1.165) is 12.8 Å². The molecule has 1 amide bonds. The van der Waals surface area contributed by atoms with Crippen molar-refractivity contribution in [3.8, 4) is 11.5 Å². The number of carbonyl (C=O) groups excluding carboxylic acids is 1. The Hall–Kier alpha value is -2.24. The summed E-state index contributed by atoms with van der Waals surface area (Å²) in [6.45, 7) is 2.83. The van der Waals surface area contributed by atoms with Gasteiger partial charge in [-0.2, -0.15) is 0 Å². The maximum atomic E-state index is 11.8. The molecule has 0 heterocycles. The minimum atomic E-state index is -0.956. The van der Waals surface area contributed by atoms with Crippen LogP contribution in [-0.2, 0) is 9.59 Å². The van der Waals surface area contributed by atoms with Crippen LogP contribution >= 0.6 is 0 Å². The molecule has 6 nitrogen and oxygen atoms in total. The zero-order chi connectivity index (χ0) is 16.7. The molecular formula is C17H23NO5. The molecule has 0 saturated heterocycles. The Kier molecular flexibility index (Phi) is 6.26. The van der Waals surface area contributed by atoms with Crippen molar-refractivity contribution in [2.24, 2.45) is 5.92 Å². The van der Waals surface area contributed by atoms with Crippen molar-refractivity contribution in [2.75, 3.05) is 13.2 Å². The van der Waals surface area contributed by atoms with Crippen molar-refractivity contribution in [3.05, 3.63) is 24.3 Å². The molecule has 1 aliphatic carbocycles. The van der Waals surface area contributed by atoms with Crippen molar-refractivity contribution >= 4 is 11.9 Å². The van der Waals surface area contributed by atoms with Crippen LogP contribution < -0.4 is 14.8 Å². The summed E-state index contributed by atoms with van der Waals surface area (Å²) in [5.74, 6) is 0.217. The Morgan fingerprint density at radius 1 is 1.26 bits per heavy atom. The average molecular weight is 321 g/mol. The van der Waals surface area contributed by atoms with Gasteiger partial charge in [-0.25, -0.2) is 4.79 Å². The standard InChI is InChI=1S/C17H23NO5/c1-2-22-13-6-3-4-7-14(13)23-11-5-8-15(19)18-16(17(20)21)12-9-10-12/h3-4,6-7,12,16H,2,5,8-11H2,1H3,(H,18,19)(H,20,21). The molecule has 0 spiro atoms. The summed E-state index contributed by atoms with van der Waals surface area (Å²) >= 11 is 0. The number of hydrogen-bond donors (Lipinski definition) is 2. The van der Waals surface area contributed by atoms with Gasteiger partial charge in [0.05, 0.1) is 13.2 Å². The van der Waals surface area contributed by atoms with Crippen molar-refractivity contribution in [1.29, 1.82) is 0 Å². The summed E-state index contributed by atoms with van der Waals surface area (Å²) in [6, 6.07) is 6.63. The first kappa shape index (κ1) is 17.1. The summed E-state index contributed by atoms with van der Waals surface area (Å²) < 4.78 is 11.1. The van der Waals surface area contributed by atoms with Crippen molar-refractivity contribution in [3.63, 3.8) is 0 Å². The summed E-state index contributed by atoms with van der Waals surface area (Å²) in [4.78, 5) is 22.9. The van der Waals surface area contributed by atoms with E-state index in [1.165, 1.54) is 0 Å². The number of rotatable bonds is 10. The number of aliphatic carboxylic acids is 1. The van der Waals surface area contributed by atoms with Gasteiger partial charge in [-0.1, -0.05) is 12.1 Å². The Balaban J connectivity index is 1.70. The molecule has 2 rings (SSSR count). The number of carbonyl (C=O) groups is 2. The topological polar surface area (TPSA) is 84.9 Å². The monoisotopic (exact) mass is 321 g/mol. The molecule has 126 valence electrons. The van der Waals surface area contributed by atoms with E-state index in [2.05, 4.69) is 5.32 Å². The Morgan fingerprint density at radius 3 is 2.48 bits per heavy atom. The van der Waals surface area contributed by atoms with Crippen LogP contribution in [0.3, 0.4) is 0 Å². The number of carboxylic acid groups (broad SMARTS) is 1. The Morgan fingerprint density at radius 2 is 1.91 bits per heavy atom. The van der Waals surface area contributed by atoms with Gasteiger partial charge in [-0.05, 0) is 44.2 Å². The normalized spacial score (nSPS) is 14.8. The molecule has 1 aliphatic rings. The van der Waals surface area contributed by atoms with E-state index in [1.54, 1.807) is 0 Å². The second kappa shape index (κ2) is 8.41. The number of para-hydroxylation sites is 2. The van der Waals surface area contributed by atoms with E-state index in [-0.39, 0.29) is 18.2 Å². The second-order valence-electron chi connectivity index (χ2n) is 5.55. The lowest BCUT2D eigenvalue weighted by molar-refractivity contribution is -0.142. The number of hydrogen-bond acceptors (Lipinski definition) is 4. The summed E-state index contributed by atoms with van der Waals surface area (Å²) in [5.41, 5.74) is 0. The molecule has 1 fully saturated rings. The van der Waals surface area contributed by atoms with E-state index in [4.69, 9.17) is 14.6 Å². The zero-order valence-corrected chi connectivity index (χ0v) is 13.3. The molecule has 1 atom stereocenters. The Bertz CT molecular complexity index is 542. The first-order chi connectivity index (χ1) is 11.1. The van der Waals surface area contributed by atoms with E-state index < -0.39 is 12.0 Å². The fourth-order valence-electron chi connectivity index (χ4n) is 2.32. The van der Waals surface area contributed by atoms with Crippen LogP contribution in [0.1, 0.15) is 32.6 Å². The molecule has 1 aromatic carbocycles. The molecule has 1 saturated carbocycles. The van der Waals surface area contributed by atoms with Crippen LogP contribution in [0.2, 0.25) is 0 Å². The molecular weight excluding hydrogens is 298 g/mol. The third-order valence-electron chi connectivity index (χ3n) is 3.63. The highest BCUT2D eigenvalue weighted by Crippen LogP contribution is 2.32. The van der Waals surface area contributed by atoms with Gasteiger partial charge in [-0.15, -0.1) is 0 Å². The van der Waals surface area contributed by atoms with Gasteiger partial charge in [0.15, 0.2) is 11.5 Å². The highest BCUT2D eigenvalue weighted by molar-refractivity contribution is 5.83. The van der Waals surface area contributed by atoms with Gasteiger partial charge >= 0.3 is 5.97 Å². The fraction of sp³-hybridized carbons (Fsp3) is 0.529. The largest absolute Gasteiger partial charge is 0.490 e. The molecule has 0 radical (unpaired) electrons. The first-order valence-corrected chi connectivity index (χ1v) is 7.98. The predicted molar refractivity (Wildman–Crippen MR) is 84.6 cm³/mol. The maximum absolute atomic E-state index is 11.8. The van der Waals surface area contributed by atoms with Gasteiger partial charge in [0.2, 0.25) is 5.91 Å². The highest BCUT2D eigenvalue weighted by atomic mass is 16.5. The van der Waals surface area contributed by atoms with Crippen molar-refractivity contribution in [2.45, 2.75) is 38.6 Å². The average Bonchev–Trinajstić information content (AvgIpc) is 3.35. The quantitative estimate of drug-likeness (QED) is 0.646. The van der Waals surface area contributed by atoms with Gasteiger partial charge in [0, 0.05) is 6.42 Å². The van der Waals surface area contributed by atoms with Gasteiger partial charge in [0.1, 0.15) is 6.04 Å². The summed E-state index contributed by atoms with van der Waals surface area (Å²) in [7, 11) is 0. The van der Waals surface area contributed by atoms with E-state index >= 15 is 0 Å². The van der Waals surface area contributed by atoms with Crippen molar-refractivity contribution < 1.29 is 24.2 Å². The smallest absolute Gasteiger partial charge is 0.326 e. The number of ether oxygens (including phenoxy) is 2. The van der Waals surface area contributed by atoms with Crippen LogP contribution in [0.25, 0.3) is 0 Å². The van der Waals surface area contributed by atoms with Gasteiger partial charge in [0.25, 0.3) is 0 Å². The van der Waals surface area contributed by atoms with E-state index in [9.17, 15) is 9.59 Å². The molecule has 6 heteroatoms. The van der Waals surface area contributed by atoms with Gasteiger partial charge < -0.3 is 19.9 Å². The fourth-order valence-corrected chi connectivity index (χ4v) is 2.32. The molecule has 1 unspecified atom stereocenters. The number of nitrogens with one attached hydrogen (secondary N) is 1. The summed E-state index contributed by atoms with van der Waals surface area (Å²) in [5, 5.41) is 11.7. The molecule has 0 bridgehead atoms. The lowest BCUT2D eigenvalue weighted by atomic mass is 10.2. The van der Waals surface area contributed by atoms with Gasteiger partial charge in [-0.3, -0.25) is 4.79 Å². The maximum Gasteiger partial charge on any atom is 0.326 e. The molecule has 2 N–H and O–H groups in total. The third-order valence-corrected chi connectivity index (χ3v) is 3.63. The lowest BCUT2D eigenvalue weighted by Gasteiger charge is -2.14. The van der Waals surface area contributed by atoms with E-state index in [0.29, 0.717) is 31.1 Å². The predicted octanol–water partition coefficient (Wildman–Crippen LogP) is 2.22. The molecule has 1 aromatic rings. The lowest BCUT2D eigenvalue weighted by Crippen LogP contribution is -2.42. The number of carboxylic acids is 1. The zero-order valence-electron chi connectivity index (χ0n) is 13.3. The number of amides is 1. The SMILES string of the molecule is CCOc1ccccc1OCCCC(=O)NC(C(=O)O)C1CC1. The minimum Gasteiger partial charge on any atom is -0.490 e. The Labute approximate surface area is 135 Å².